The van der Waals surface area contributed by atoms with Crippen molar-refractivity contribution in [3.8, 4) is 11.5 Å². The van der Waals surface area contributed by atoms with Gasteiger partial charge in [-0.05, 0) is 6.07 Å². The minimum Gasteiger partial charge on any atom is -0.493 e. The predicted octanol–water partition coefficient (Wildman–Crippen LogP) is 1.48. The van der Waals surface area contributed by atoms with E-state index in [1.807, 2.05) is 0 Å². The number of methoxy groups -OCH3 is 2. The van der Waals surface area contributed by atoms with E-state index in [0.29, 0.717) is 49.8 Å². The van der Waals surface area contributed by atoms with Crippen molar-refractivity contribution in [3.05, 3.63) is 23.5 Å². The summed E-state index contributed by atoms with van der Waals surface area (Å²) in [7, 11) is 3.01. The van der Waals surface area contributed by atoms with Crippen molar-refractivity contribution in [2.75, 3.05) is 40.5 Å². The maximum atomic E-state index is 14.2. The number of halogens is 1. The number of cyclic esters (lactones) is 1. The van der Waals surface area contributed by atoms with Gasteiger partial charge in [-0.2, -0.15) is 0 Å². The summed E-state index contributed by atoms with van der Waals surface area (Å²) < 4.78 is 29.5. The van der Waals surface area contributed by atoms with Crippen molar-refractivity contribution in [1.82, 2.24) is 9.80 Å². The normalized spacial score (nSPS) is 21.5. The fourth-order valence-corrected chi connectivity index (χ4v) is 2.96. The van der Waals surface area contributed by atoms with Crippen LogP contribution in [-0.2, 0) is 11.3 Å². The number of ether oxygens (including phenoxy) is 3. The minimum atomic E-state index is -0.321. The highest BCUT2D eigenvalue weighted by atomic mass is 19.1. The average molecular weight is 310 g/mol. The molecule has 120 valence electrons. The van der Waals surface area contributed by atoms with E-state index in [1.54, 1.807) is 11.0 Å². The first-order valence-electron chi connectivity index (χ1n) is 7.18. The Kier molecular flexibility index (Phi) is 4.06. The second-order valence-corrected chi connectivity index (χ2v) is 5.46. The van der Waals surface area contributed by atoms with Crippen LogP contribution in [0, 0.1) is 5.82 Å². The lowest BCUT2D eigenvalue weighted by Crippen LogP contribution is -2.51. The Morgan fingerprint density at radius 2 is 2.00 bits per heavy atom. The highest BCUT2D eigenvalue weighted by Gasteiger charge is 2.37. The summed E-state index contributed by atoms with van der Waals surface area (Å²) in [6, 6.07) is 3.06. The van der Waals surface area contributed by atoms with E-state index in [0.717, 1.165) is 0 Å². The first-order chi connectivity index (χ1) is 10.6. The monoisotopic (exact) mass is 310 g/mol. The molecule has 3 rings (SSSR count). The zero-order chi connectivity index (χ0) is 15.7. The van der Waals surface area contributed by atoms with Gasteiger partial charge in [-0.1, -0.05) is 0 Å². The number of piperazine rings is 1. The van der Waals surface area contributed by atoms with Crippen LogP contribution in [0.5, 0.6) is 11.5 Å². The minimum absolute atomic E-state index is 0.0597. The van der Waals surface area contributed by atoms with Gasteiger partial charge in [0.05, 0.1) is 20.3 Å². The van der Waals surface area contributed by atoms with Crippen molar-refractivity contribution in [1.29, 1.82) is 0 Å². The number of carbonyl (C=O) groups is 1. The van der Waals surface area contributed by atoms with Crippen LogP contribution in [0.25, 0.3) is 0 Å². The summed E-state index contributed by atoms with van der Waals surface area (Å²) >= 11 is 0. The second kappa shape index (κ2) is 6.00. The third kappa shape index (κ3) is 2.68. The Bertz CT molecular complexity index is 581. The van der Waals surface area contributed by atoms with Crippen molar-refractivity contribution in [3.63, 3.8) is 0 Å². The summed E-state index contributed by atoms with van der Waals surface area (Å²) in [5, 5.41) is 0. The maximum absolute atomic E-state index is 14.2. The number of benzene rings is 1. The van der Waals surface area contributed by atoms with Crippen LogP contribution in [0.15, 0.2) is 12.1 Å². The number of hydrogen-bond donors (Lipinski definition) is 0. The molecule has 1 aromatic rings. The molecule has 1 aromatic carbocycles. The topological polar surface area (TPSA) is 51.2 Å². The van der Waals surface area contributed by atoms with Gasteiger partial charge < -0.3 is 14.2 Å². The fourth-order valence-electron chi connectivity index (χ4n) is 2.96. The van der Waals surface area contributed by atoms with Crippen molar-refractivity contribution >= 4 is 6.09 Å². The Morgan fingerprint density at radius 1 is 1.27 bits per heavy atom. The molecule has 7 heteroatoms. The average Bonchev–Trinajstić information content (AvgIpc) is 2.89. The standard InChI is InChI=1S/C15H19FN2O4/c1-20-13-5-10(12(16)6-14(13)21-2)7-17-3-4-18-11(8-17)9-22-15(18)19/h5-6,11H,3-4,7-9H2,1-2H3/t11-/m0/s1. The maximum Gasteiger partial charge on any atom is 0.410 e. The van der Waals surface area contributed by atoms with Gasteiger partial charge in [0, 0.05) is 37.8 Å². The molecule has 1 amide bonds. The van der Waals surface area contributed by atoms with Crippen LogP contribution >= 0.6 is 0 Å². The van der Waals surface area contributed by atoms with Crippen LogP contribution < -0.4 is 9.47 Å². The molecule has 0 saturated carbocycles. The molecular formula is C15H19FN2O4. The third-order valence-corrected chi connectivity index (χ3v) is 4.15. The van der Waals surface area contributed by atoms with Gasteiger partial charge in [-0.15, -0.1) is 0 Å². The van der Waals surface area contributed by atoms with Gasteiger partial charge in [0.15, 0.2) is 11.5 Å². The second-order valence-electron chi connectivity index (χ2n) is 5.46. The first kappa shape index (κ1) is 14.9. The lowest BCUT2D eigenvalue weighted by atomic mass is 10.1. The van der Waals surface area contributed by atoms with Crippen molar-refractivity contribution in [2.45, 2.75) is 12.6 Å². The molecule has 1 atom stereocenters. The highest BCUT2D eigenvalue weighted by molar-refractivity contribution is 5.70. The molecular weight excluding hydrogens is 291 g/mol. The molecule has 22 heavy (non-hydrogen) atoms. The van der Waals surface area contributed by atoms with Crippen LogP contribution in [0.2, 0.25) is 0 Å². The molecule has 2 fully saturated rings. The molecule has 2 heterocycles. The molecule has 0 aliphatic carbocycles. The van der Waals surface area contributed by atoms with Crippen LogP contribution in [0.1, 0.15) is 5.56 Å². The summed E-state index contributed by atoms with van der Waals surface area (Å²) in [5.74, 6) is 0.569. The predicted molar refractivity (Wildman–Crippen MR) is 76.6 cm³/mol. The molecule has 0 spiro atoms. The van der Waals surface area contributed by atoms with Crippen molar-refractivity contribution < 1.29 is 23.4 Å². The first-order valence-corrected chi connectivity index (χ1v) is 7.18. The Balaban J connectivity index is 1.72. The fraction of sp³-hybridized carbons (Fsp3) is 0.533. The molecule has 2 saturated heterocycles. The van der Waals surface area contributed by atoms with E-state index in [4.69, 9.17) is 14.2 Å². The molecule has 6 nitrogen and oxygen atoms in total. The van der Waals surface area contributed by atoms with Crippen LogP contribution in [0.3, 0.4) is 0 Å². The van der Waals surface area contributed by atoms with Gasteiger partial charge in [0.1, 0.15) is 12.4 Å². The molecule has 2 aliphatic heterocycles. The molecule has 0 bridgehead atoms. The van der Waals surface area contributed by atoms with Crippen molar-refractivity contribution in [2.24, 2.45) is 0 Å². The zero-order valence-corrected chi connectivity index (χ0v) is 12.7. The van der Waals surface area contributed by atoms with E-state index in [-0.39, 0.29) is 18.0 Å². The van der Waals surface area contributed by atoms with Gasteiger partial charge in [-0.25, -0.2) is 9.18 Å². The molecule has 0 radical (unpaired) electrons. The Hall–Kier alpha value is -2.02. The number of hydrogen-bond acceptors (Lipinski definition) is 5. The summed E-state index contributed by atoms with van der Waals surface area (Å²) in [6.07, 6.45) is -0.248. The van der Waals surface area contributed by atoms with Gasteiger partial charge in [0.2, 0.25) is 0 Å². The summed E-state index contributed by atoms with van der Waals surface area (Å²) in [5.41, 5.74) is 0.552. The number of nitrogens with zero attached hydrogens (tertiary/aromatic N) is 2. The lowest BCUT2D eigenvalue weighted by Gasteiger charge is -2.35. The zero-order valence-electron chi connectivity index (χ0n) is 12.7. The SMILES string of the molecule is COc1cc(F)c(CN2CCN3C(=O)OC[C@@H]3C2)cc1OC. The Morgan fingerprint density at radius 3 is 2.73 bits per heavy atom. The lowest BCUT2D eigenvalue weighted by molar-refractivity contribution is 0.114. The van der Waals surface area contributed by atoms with E-state index in [2.05, 4.69) is 4.90 Å². The number of fused-ring (bicyclic) bond motifs is 1. The summed E-state index contributed by atoms with van der Waals surface area (Å²) in [4.78, 5) is 15.3. The molecule has 0 unspecified atom stereocenters. The number of carbonyl (C=O) groups excluding carboxylic acids is 1. The van der Waals surface area contributed by atoms with E-state index >= 15 is 0 Å². The highest BCUT2D eigenvalue weighted by Crippen LogP contribution is 2.31. The Labute approximate surface area is 128 Å². The number of rotatable bonds is 4. The summed E-state index contributed by atoms with van der Waals surface area (Å²) in [6.45, 7) is 2.85. The van der Waals surface area contributed by atoms with Crippen LogP contribution in [0.4, 0.5) is 9.18 Å². The number of amides is 1. The van der Waals surface area contributed by atoms with E-state index in [9.17, 15) is 9.18 Å². The third-order valence-electron chi connectivity index (χ3n) is 4.15. The quantitative estimate of drug-likeness (QED) is 0.843. The smallest absolute Gasteiger partial charge is 0.410 e. The van der Waals surface area contributed by atoms with Gasteiger partial charge in [0.25, 0.3) is 0 Å². The molecule has 0 aromatic heterocycles. The van der Waals surface area contributed by atoms with E-state index < -0.39 is 0 Å². The largest absolute Gasteiger partial charge is 0.493 e. The molecule has 2 aliphatic rings. The van der Waals surface area contributed by atoms with Crippen LogP contribution in [-0.4, -0.2) is 62.4 Å². The van der Waals surface area contributed by atoms with Gasteiger partial charge >= 0.3 is 6.09 Å². The van der Waals surface area contributed by atoms with E-state index in [1.165, 1.54) is 20.3 Å². The van der Waals surface area contributed by atoms with Gasteiger partial charge in [-0.3, -0.25) is 9.80 Å². The molecule has 0 N–H and O–H groups in total.